The number of benzene rings is 1. The zero-order valence-corrected chi connectivity index (χ0v) is 11.0. The van der Waals surface area contributed by atoms with Crippen molar-refractivity contribution in [3.8, 4) is 6.07 Å². The molecular weight excluding hydrogens is 274 g/mol. The van der Waals surface area contributed by atoms with Crippen LogP contribution in [-0.2, 0) is 10.0 Å². The van der Waals surface area contributed by atoms with Gasteiger partial charge in [-0.2, -0.15) is 5.26 Å². The normalized spacial score (nSPS) is 23.2. The van der Waals surface area contributed by atoms with E-state index < -0.39 is 10.0 Å². The minimum atomic E-state index is -3.65. The lowest BCUT2D eigenvalue weighted by Crippen LogP contribution is -2.50. The zero-order valence-electron chi connectivity index (χ0n) is 9.43. The predicted octanol–water partition coefficient (Wildman–Crippen LogP) is 0.980. The Bertz CT molecular complexity index is 603. The summed E-state index contributed by atoms with van der Waals surface area (Å²) in [6, 6.07) is 5.93. The quantitative estimate of drug-likeness (QED) is 0.865. The molecule has 3 N–H and O–H groups in total. The maximum absolute atomic E-state index is 12.0. The molecule has 0 atom stereocenters. The molecule has 1 fully saturated rings. The fraction of sp³-hybridized carbons (Fsp3) is 0.364. The third-order valence-corrected chi connectivity index (χ3v) is 4.85. The van der Waals surface area contributed by atoms with Crippen molar-refractivity contribution in [3.63, 3.8) is 0 Å². The Kier molecular flexibility index (Phi) is 3.59. The standard InChI is InChI=1S/C11H12ClN3O2S/c12-10-3-7(6-13)1-2-11(10)18(16,17)15-9-4-8(14)5-9/h1-3,8-9,15H,4-5,14H2. The van der Waals surface area contributed by atoms with Gasteiger partial charge >= 0.3 is 0 Å². The lowest BCUT2D eigenvalue weighted by molar-refractivity contribution is 0.327. The fourth-order valence-electron chi connectivity index (χ4n) is 1.83. The molecule has 1 aromatic carbocycles. The van der Waals surface area contributed by atoms with Crippen LogP contribution in [0.4, 0.5) is 0 Å². The SMILES string of the molecule is N#Cc1ccc(S(=O)(=O)NC2CC(N)C2)c(Cl)c1. The van der Waals surface area contributed by atoms with E-state index in [0.717, 1.165) is 0 Å². The highest BCUT2D eigenvalue weighted by Crippen LogP contribution is 2.25. The molecule has 0 bridgehead atoms. The molecule has 0 aliphatic heterocycles. The summed E-state index contributed by atoms with van der Waals surface area (Å²) in [5, 5.41) is 8.74. The van der Waals surface area contributed by atoms with E-state index in [-0.39, 0.29) is 22.0 Å². The molecule has 0 radical (unpaired) electrons. The van der Waals surface area contributed by atoms with E-state index in [4.69, 9.17) is 22.6 Å². The van der Waals surface area contributed by atoms with Gasteiger partial charge in [0, 0.05) is 12.1 Å². The number of rotatable bonds is 3. The summed E-state index contributed by atoms with van der Waals surface area (Å²) in [7, 11) is -3.65. The number of nitrogens with zero attached hydrogens (tertiary/aromatic N) is 1. The highest BCUT2D eigenvalue weighted by Gasteiger charge is 2.31. The summed E-state index contributed by atoms with van der Waals surface area (Å²) < 4.78 is 26.6. The molecule has 1 aliphatic carbocycles. The van der Waals surface area contributed by atoms with Crippen molar-refractivity contribution in [2.45, 2.75) is 29.8 Å². The van der Waals surface area contributed by atoms with Crippen LogP contribution in [0.25, 0.3) is 0 Å². The van der Waals surface area contributed by atoms with Crippen LogP contribution in [-0.4, -0.2) is 20.5 Å². The van der Waals surface area contributed by atoms with Gasteiger partial charge in [0.25, 0.3) is 0 Å². The Morgan fingerprint density at radius 3 is 2.61 bits per heavy atom. The van der Waals surface area contributed by atoms with Gasteiger partial charge in [0.15, 0.2) is 0 Å². The predicted molar refractivity (Wildman–Crippen MR) is 67.5 cm³/mol. The third kappa shape index (κ3) is 2.65. The summed E-state index contributed by atoms with van der Waals surface area (Å²) in [6.45, 7) is 0. The molecule has 0 saturated heterocycles. The molecule has 18 heavy (non-hydrogen) atoms. The zero-order chi connectivity index (χ0) is 13.3. The molecule has 2 rings (SSSR count). The Morgan fingerprint density at radius 2 is 2.11 bits per heavy atom. The number of hydrogen-bond acceptors (Lipinski definition) is 4. The second-order valence-corrected chi connectivity index (χ2v) is 6.40. The molecule has 0 unspecified atom stereocenters. The first-order chi connectivity index (χ1) is 8.42. The fourth-order valence-corrected chi connectivity index (χ4v) is 3.64. The molecular formula is C11H12ClN3O2S. The van der Waals surface area contributed by atoms with Crippen LogP contribution in [0.2, 0.25) is 5.02 Å². The van der Waals surface area contributed by atoms with E-state index in [1.807, 2.05) is 6.07 Å². The largest absolute Gasteiger partial charge is 0.328 e. The number of nitriles is 1. The van der Waals surface area contributed by atoms with Gasteiger partial charge in [0.2, 0.25) is 10.0 Å². The smallest absolute Gasteiger partial charge is 0.242 e. The van der Waals surface area contributed by atoms with E-state index in [1.54, 1.807) is 0 Å². The molecule has 1 saturated carbocycles. The maximum Gasteiger partial charge on any atom is 0.242 e. The van der Waals surface area contributed by atoms with Crippen molar-refractivity contribution in [1.82, 2.24) is 4.72 Å². The highest BCUT2D eigenvalue weighted by molar-refractivity contribution is 7.89. The first-order valence-electron chi connectivity index (χ1n) is 5.40. The molecule has 96 valence electrons. The van der Waals surface area contributed by atoms with Gasteiger partial charge in [-0.1, -0.05) is 11.6 Å². The van der Waals surface area contributed by atoms with Crippen molar-refractivity contribution in [3.05, 3.63) is 28.8 Å². The van der Waals surface area contributed by atoms with Gasteiger partial charge in [-0.25, -0.2) is 13.1 Å². The monoisotopic (exact) mass is 285 g/mol. The summed E-state index contributed by atoms with van der Waals surface area (Å²) in [5.41, 5.74) is 5.92. The van der Waals surface area contributed by atoms with Gasteiger partial charge < -0.3 is 5.73 Å². The Hall–Kier alpha value is -1.13. The lowest BCUT2D eigenvalue weighted by atomic mass is 9.89. The van der Waals surface area contributed by atoms with Gasteiger partial charge in [-0.15, -0.1) is 0 Å². The molecule has 0 aromatic heterocycles. The number of halogens is 1. The van der Waals surface area contributed by atoms with Crippen LogP contribution < -0.4 is 10.5 Å². The molecule has 1 aromatic rings. The average Bonchev–Trinajstić information content (AvgIpc) is 2.26. The summed E-state index contributed by atoms with van der Waals surface area (Å²) >= 11 is 5.87. The Morgan fingerprint density at radius 1 is 1.44 bits per heavy atom. The Labute approximate surface area is 111 Å². The van der Waals surface area contributed by atoms with E-state index in [9.17, 15) is 8.42 Å². The second-order valence-electron chi connectivity index (χ2n) is 4.31. The van der Waals surface area contributed by atoms with Crippen molar-refractivity contribution in [1.29, 1.82) is 5.26 Å². The first kappa shape index (κ1) is 13.3. The van der Waals surface area contributed by atoms with Gasteiger partial charge in [0.05, 0.1) is 16.7 Å². The summed E-state index contributed by atoms with van der Waals surface area (Å²) in [6.07, 6.45) is 1.26. The highest BCUT2D eigenvalue weighted by atomic mass is 35.5. The van der Waals surface area contributed by atoms with E-state index in [2.05, 4.69) is 4.72 Å². The molecule has 0 spiro atoms. The van der Waals surface area contributed by atoms with Gasteiger partial charge in [-0.3, -0.25) is 0 Å². The number of nitrogens with one attached hydrogen (secondary N) is 1. The third-order valence-electron chi connectivity index (χ3n) is 2.85. The van der Waals surface area contributed by atoms with Crippen molar-refractivity contribution in [2.24, 2.45) is 5.73 Å². The van der Waals surface area contributed by atoms with Crippen LogP contribution in [0.5, 0.6) is 0 Å². The number of sulfonamides is 1. The van der Waals surface area contributed by atoms with Crippen LogP contribution >= 0.6 is 11.6 Å². The van der Waals surface area contributed by atoms with E-state index in [0.29, 0.717) is 18.4 Å². The van der Waals surface area contributed by atoms with Gasteiger partial charge in [-0.05, 0) is 31.0 Å². The molecule has 5 nitrogen and oxygen atoms in total. The van der Waals surface area contributed by atoms with Crippen LogP contribution in [0.3, 0.4) is 0 Å². The summed E-state index contributed by atoms with van der Waals surface area (Å²) in [4.78, 5) is -0.0105. The summed E-state index contributed by atoms with van der Waals surface area (Å²) in [5.74, 6) is 0. The Balaban J connectivity index is 2.22. The minimum Gasteiger partial charge on any atom is -0.328 e. The average molecular weight is 286 g/mol. The van der Waals surface area contributed by atoms with Crippen molar-refractivity contribution in [2.75, 3.05) is 0 Å². The van der Waals surface area contributed by atoms with Crippen LogP contribution in [0.1, 0.15) is 18.4 Å². The van der Waals surface area contributed by atoms with Crippen molar-refractivity contribution < 1.29 is 8.42 Å². The van der Waals surface area contributed by atoms with E-state index >= 15 is 0 Å². The second kappa shape index (κ2) is 4.86. The van der Waals surface area contributed by atoms with Crippen molar-refractivity contribution >= 4 is 21.6 Å². The minimum absolute atomic E-state index is 0.0105. The lowest BCUT2D eigenvalue weighted by Gasteiger charge is -2.32. The number of hydrogen-bond donors (Lipinski definition) is 2. The van der Waals surface area contributed by atoms with E-state index in [1.165, 1.54) is 18.2 Å². The van der Waals surface area contributed by atoms with Crippen LogP contribution in [0.15, 0.2) is 23.1 Å². The van der Waals surface area contributed by atoms with Crippen LogP contribution in [0, 0.1) is 11.3 Å². The van der Waals surface area contributed by atoms with Gasteiger partial charge in [0.1, 0.15) is 4.90 Å². The first-order valence-corrected chi connectivity index (χ1v) is 7.26. The number of nitrogens with two attached hydrogens (primary N) is 1. The molecule has 7 heteroatoms. The molecule has 1 aliphatic rings. The topological polar surface area (TPSA) is 96.0 Å². The molecule has 0 heterocycles. The molecule has 0 amide bonds. The maximum atomic E-state index is 12.0.